The molecule has 1 saturated heterocycles. The number of guanidine groups is 1. The number of piperidine rings is 1. The van der Waals surface area contributed by atoms with Crippen molar-refractivity contribution in [1.82, 2.24) is 10.2 Å². The van der Waals surface area contributed by atoms with Gasteiger partial charge < -0.3 is 24.8 Å². The third-order valence-corrected chi connectivity index (χ3v) is 4.76. The predicted octanol–water partition coefficient (Wildman–Crippen LogP) is 2.51. The lowest BCUT2D eigenvalue weighted by molar-refractivity contribution is 0.00986. The molecule has 2 N–H and O–H groups in total. The van der Waals surface area contributed by atoms with E-state index in [4.69, 9.17) is 9.47 Å². The lowest BCUT2D eigenvalue weighted by Gasteiger charge is -2.34. The van der Waals surface area contributed by atoms with E-state index >= 15 is 0 Å². The van der Waals surface area contributed by atoms with E-state index in [1.165, 1.54) is 0 Å². The van der Waals surface area contributed by atoms with Crippen LogP contribution in [0.1, 0.15) is 43.4 Å². The minimum absolute atomic E-state index is 0.318. The van der Waals surface area contributed by atoms with E-state index in [0.717, 1.165) is 69.2 Å². The van der Waals surface area contributed by atoms with Gasteiger partial charge in [-0.2, -0.15) is 0 Å². The van der Waals surface area contributed by atoms with Crippen LogP contribution in [0.15, 0.2) is 29.3 Å². The first kappa shape index (κ1) is 21.7. The summed E-state index contributed by atoms with van der Waals surface area (Å²) in [5.74, 6) is 0.877. The van der Waals surface area contributed by atoms with Gasteiger partial charge in [-0.3, -0.25) is 4.99 Å². The standard InChI is InChI=1S/C21H35N3O3/c1-4-22-21(23-16-20(25)18-8-5-7-17(2)15-18)24-11-9-19(10-12-24)27-14-6-13-26-3/h5,7-8,15,19-20,25H,4,6,9-14,16H2,1-3H3,(H,22,23). The van der Waals surface area contributed by atoms with Crippen LogP contribution in [0.5, 0.6) is 0 Å². The van der Waals surface area contributed by atoms with Crippen LogP contribution in [0.2, 0.25) is 0 Å². The molecule has 0 spiro atoms. The molecule has 1 fully saturated rings. The zero-order chi connectivity index (χ0) is 19.5. The summed E-state index contributed by atoms with van der Waals surface area (Å²) in [7, 11) is 1.72. The second kappa shape index (κ2) is 12.0. The molecule has 2 rings (SSSR count). The molecule has 0 aliphatic carbocycles. The minimum atomic E-state index is -0.583. The van der Waals surface area contributed by atoms with Crippen molar-refractivity contribution in [3.05, 3.63) is 35.4 Å². The molecule has 0 aromatic heterocycles. The van der Waals surface area contributed by atoms with E-state index in [0.29, 0.717) is 12.6 Å². The Hall–Kier alpha value is -1.63. The van der Waals surface area contributed by atoms with Gasteiger partial charge in [-0.1, -0.05) is 29.8 Å². The van der Waals surface area contributed by atoms with Crippen LogP contribution in [0, 0.1) is 6.92 Å². The lowest BCUT2D eigenvalue weighted by atomic mass is 10.1. The van der Waals surface area contributed by atoms with E-state index in [1.807, 2.05) is 31.2 Å². The summed E-state index contributed by atoms with van der Waals surface area (Å²) in [6, 6.07) is 7.97. The Bertz CT molecular complexity index is 572. The number of ether oxygens (including phenoxy) is 2. The van der Waals surface area contributed by atoms with Crippen LogP contribution in [0.25, 0.3) is 0 Å². The molecule has 152 valence electrons. The zero-order valence-electron chi connectivity index (χ0n) is 17.0. The Morgan fingerprint density at radius 2 is 2.11 bits per heavy atom. The van der Waals surface area contributed by atoms with Crippen molar-refractivity contribution >= 4 is 5.96 Å². The molecule has 1 aliphatic heterocycles. The lowest BCUT2D eigenvalue weighted by Crippen LogP contribution is -2.47. The fourth-order valence-electron chi connectivity index (χ4n) is 3.27. The number of nitrogens with zero attached hydrogens (tertiary/aromatic N) is 2. The molecule has 0 radical (unpaired) electrons. The zero-order valence-corrected chi connectivity index (χ0v) is 17.0. The molecule has 0 saturated carbocycles. The summed E-state index contributed by atoms with van der Waals surface area (Å²) in [6.07, 6.45) is 2.67. The number of nitrogens with one attached hydrogen (secondary N) is 1. The van der Waals surface area contributed by atoms with E-state index in [9.17, 15) is 5.11 Å². The van der Waals surface area contributed by atoms with Gasteiger partial charge in [0.15, 0.2) is 5.96 Å². The van der Waals surface area contributed by atoms with E-state index < -0.39 is 6.10 Å². The number of likely N-dealkylation sites (tertiary alicyclic amines) is 1. The van der Waals surface area contributed by atoms with Crippen LogP contribution in [-0.4, -0.2) is 68.6 Å². The van der Waals surface area contributed by atoms with Crippen molar-refractivity contribution in [3.63, 3.8) is 0 Å². The summed E-state index contributed by atoms with van der Waals surface area (Å²) >= 11 is 0. The highest BCUT2D eigenvalue weighted by Gasteiger charge is 2.22. The summed E-state index contributed by atoms with van der Waals surface area (Å²) in [4.78, 5) is 6.94. The number of aryl methyl sites for hydroxylation is 1. The smallest absolute Gasteiger partial charge is 0.194 e. The van der Waals surface area contributed by atoms with E-state index in [1.54, 1.807) is 7.11 Å². The predicted molar refractivity (Wildman–Crippen MR) is 109 cm³/mol. The first-order chi connectivity index (χ1) is 13.1. The number of benzene rings is 1. The number of aliphatic hydroxyl groups excluding tert-OH is 1. The monoisotopic (exact) mass is 377 g/mol. The highest BCUT2D eigenvalue weighted by Crippen LogP contribution is 2.17. The van der Waals surface area contributed by atoms with Crippen molar-refractivity contribution in [2.45, 2.75) is 45.3 Å². The number of aliphatic imine (C=N–C) groups is 1. The van der Waals surface area contributed by atoms with Crippen molar-refractivity contribution in [2.24, 2.45) is 4.99 Å². The van der Waals surface area contributed by atoms with Crippen molar-refractivity contribution in [3.8, 4) is 0 Å². The molecule has 6 heteroatoms. The number of hydrogen-bond donors (Lipinski definition) is 2. The van der Waals surface area contributed by atoms with Gasteiger partial charge >= 0.3 is 0 Å². The van der Waals surface area contributed by atoms with Gasteiger partial charge in [0.2, 0.25) is 0 Å². The molecule has 1 aromatic carbocycles. The molecular formula is C21H35N3O3. The molecule has 0 amide bonds. The van der Waals surface area contributed by atoms with Gasteiger partial charge in [0.05, 0.1) is 18.8 Å². The maximum atomic E-state index is 10.5. The molecule has 27 heavy (non-hydrogen) atoms. The molecule has 1 aliphatic rings. The molecule has 0 bridgehead atoms. The number of hydrogen-bond acceptors (Lipinski definition) is 4. The molecule has 1 atom stereocenters. The largest absolute Gasteiger partial charge is 0.386 e. The second-order valence-corrected chi connectivity index (χ2v) is 7.03. The van der Waals surface area contributed by atoms with E-state index in [2.05, 4.69) is 22.1 Å². The Morgan fingerprint density at radius 1 is 1.33 bits per heavy atom. The first-order valence-corrected chi connectivity index (χ1v) is 10.0. The Morgan fingerprint density at radius 3 is 2.78 bits per heavy atom. The summed E-state index contributed by atoms with van der Waals surface area (Å²) < 4.78 is 11.0. The Balaban J connectivity index is 1.84. The topological polar surface area (TPSA) is 66.3 Å². The highest BCUT2D eigenvalue weighted by atomic mass is 16.5. The highest BCUT2D eigenvalue weighted by molar-refractivity contribution is 5.80. The number of aliphatic hydroxyl groups is 1. The fourth-order valence-corrected chi connectivity index (χ4v) is 3.27. The molecule has 6 nitrogen and oxygen atoms in total. The van der Waals surface area contributed by atoms with Crippen LogP contribution in [0.3, 0.4) is 0 Å². The van der Waals surface area contributed by atoms with Crippen LogP contribution >= 0.6 is 0 Å². The van der Waals surface area contributed by atoms with Crippen LogP contribution in [0.4, 0.5) is 0 Å². The number of methoxy groups -OCH3 is 1. The SMILES string of the molecule is CCNC(=NCC(O)c1cccc(C)c1)N1CCC(OCCCOC)CC1. The van der Waals surface area contributed by atoms with Gasteiger partial charge in [-0.25, -0.2) is 0 Å². The van der Waals surface area contributed by atoms with Gasteiger partial charge in [0.1, 0.15) is 0 Å². The van der Waals surface area contributed by atoms with Gasteiger partial charge in [-0.05, 0) is 38.7 Å². The fraction of sp³-hybridized carbons (Fsp3) is 0.667. The first-order valence-electron chi connectivity index (χ1n) is 10.0. The Labute approximate surface area is 163 Å². The van der Waals surface area contributed by atoms with Gasteiger partial charge in [0.25, 0.3) is 0 Å². The average Bonchev–Trinajstić information content (AvgIpc) is 2.69. The molecule has 1 heterocycles. The summed E-state index contributed by atoms with van der Waals surface area (Å²) in [6.45, 7) is 8.62. The van der Waals surface area contributed by atoms with Crippen molar-refractivity contribution in [2.75, 3.05) is 46.5 Å². The van der Waals surface area contributed by atoms with Crippen molar-refractivity contribution in [1.29, 1.82) is 0 Å². The summed E-state index contributed by atoms with van der Waals surface area (Å²) in [5, 5.41) is 13.8. The molecule has 1 aromatic rings. The minimum Gasteiger partial charge on any atom is -0.386 e. The molecular weight excluding hydrogens is 342 g/mol. The number of rotatable bonds is 9. The third-order valence-electron chi connectivity index (χ3n) is 4.76. The van der Waals surface area contributed by atoms with Gasteiger partial charge in [0, 0.05) is 40.0 Å². The van der Waals surface area contributed by atoms with Crippen molar-refractivity contribution < 1.29 is 14.6 Å². The maximum Gasteiger partial charge on any atom is 0.194 e. The third kappa shape index (κ3) is 7.48. The van der Waals surface area contributed by atoms with Gasteiger partial charge in [-0.15, -0.1) is 0 Å². The molecule has 1 unspecified atom stereocenters. The maximum absolute atomic E-state index is 10.5. The second-order valence-electron chi connectivity index (χ2n) is 7.03. The normalized spacial score (nSPS) is 17.2. The average molecular weight is 378 g/mol. The summed E-state index contributed by atoms with van der Waals surface area (Å²) in [5.41, 5.74) is 2.06. The quantitative estimate of drug-likeness (QED) is 0.393. The van der Waals surface area contributed by atoms with Crippen LogP contribution in [-0.2, 0) is 9.47 Å². The Kier molecular flexibility index (Phi) is 9.59. The van der Waals surface area contributed by atoms with E-state index in [-0.39, 0.29) is 0 Å². The van der Waals surface area contributed by atoms with Crippen LogP contribution < -0.4 is 5.32 Å².